The zero-order chi connectivity index (χ0) is 24.2. The number of hydrogen-bond donors (Lipinski definition) is 0. The van der Waals surface area contributed by atoms with Gasteiger partial charge in [0, 0.05) is 15.6 Å². The van der Waals surface area contributed by atoms with Gasteiger partial charge in [-0.3, -0.25) is 9.69 Å². The third-order valence-electron chi connectivity index (χ3n) is 5.05. The molecule has 4 nitrogen and oxygen atoms in total. The lowest BCUT2D eigenvalue weighted by Gasteiger charge is -2.14. The van der Waals surface area contributed by atoms with Crippen molar-refractivity contribution in [3.63, 3.8) is 0 Å². The SMILES string of the molecule is CCOc1cc(/C=C2\SC(=S)N(c3ccc(C)cc3)C2=O)ccc1OCc1ccc(Cl)cc1Cl. The number of amides is 1. The standard InChI is InChI=1S/C26H21Cl2NO3S2/c1-3-31-23-12-17(6-11-22(23)32-15-18-7-8-19(27)14-21(18)28)13-24-25(30)29(26(33)34-24)20-9-4-16(2)5-10-20/h4-14H,3,15H2,1-2H3/b24-13-. The zero-order valence-electron chi connectivity index (χ0n) is 18.5. The Kier molecular flexibility index (Phi) is 7.84. The molecule has 0 N–H and O–H groups in total. The number of carbonyl (C=O) groups is 1. The Labute approximate surface area is 218 Å². The molecule has 1 amide bonds. The van der Waals surface area contributed by atoms with Crippen LogP contribution < -0.4 is 14.4 Å². The topological polar surface area (TPSA) is 38.8 Å². The maximum atomic E-state index is 13.1. The normalized spacial score (nSPS) is 14.7. The van der Waals surface area contributed by atoms with Gasteiger partial charge in [0.15, 0.2) is 15.8 Å². The van der Waals surface area contributed by atoms with Crippen LogP contribution >= 0.6 is 47.2 Å². The third-order valence-corrected chi connectivity index (χ3v) is 6.94. The summed E-state index contributed by atoms with van der Waals surface area (Å²) in [5.74, 6) is 1.02. The third kappa shape index (κ3) is 5.58. The van der Waals surface area contributed by atoms with Crippen LogP contribution in [0.4, 0.5) is 5.69 Å². The van der Waals surface area contributed by atoms with E-state index in [1.54, 1.807) is 17.0 Å². The summed E-state index contributed by atoms with van der Waals surface area (Å²) in [6.07, 6.45) is 1.82. The molecule has 1 aliphatic heterocycles. The summed E-state index contributed by atoms with van der Waals surface area (Å²) in [6.45, 7) is 4.64. The van der Waals surface area contributed by atoms with E-state index in [9.17, 15) is 4.79 Å². The number of thioether (sulfide) groups is 1. The minimum absolute atomic E-state index is 0.144. The first-order valence-electron chi connectivity index (χ1n) is 10.5. The molecule has 1 fully saturated rings. The van der Waals surface area contributed by atoms with Gasteiger partial charge in [0.25, 0.3) is 5.91 Å². The molecule has 8 heteroatoms. The molecular weight excluding hydrogens is 509 g/mol. The number of nitrogens with zero attached hydrogens (tertiary/aromatic N) is 1. The molecule has 0 spiro atoms. The molecule has 174 valence electrons. The van der Waals surface area contributed by atoms with Gasteiger partial charge in [-0.15, -0.1) is 0 Å². The fraction of sp³-hybridized carbons (Fsp3) is 0.154. The van der Waals surface area contributed by atoms with Gasteiger partial charge in [-0.05, 0) is 61.9 Å². The first-order chi connectivity index (χ1) is 16.4. The molecule has 1 heterocycles. The van der Waals surface area contributed by atoms with E-state index in [1.807, 2.05) is 68.5 Å². The summed E-state index contributed by atoms with van der Waals surface area (Å²) in [6, 6.07) is 18.5. The Bertz CT molecular complexity index is 1280. The predicted molar refractivity (Wildman–Crippen MR) is 145 cm³/mol. The lowest BCUT2D eigenvalue weighted by molar-refractivity contribution is -0.113. The summed E-state index contributed by atoms with van der Waals surface area (Å²) in [5.41, 5.74) is 3.51. The Morgan fingerprint density at radius 2 is 1.76 bits per heavy atom. The van der Waals surface area contributed by atoms with E-state index < -0.39 is 0 Å². The van der Waals surface area contributed by atoms with Crippen LogP contribution in [-0.2, 0) is 11.4 Å². The predicted octanol–water partition coefficient (Wildman–Crippen LogP) is 7.69. The van der Waals surface area contributed by atoms with E-state index in [1.165, 1.54) is 11.8 Å². The van der Waals surface area contributed by atoms with Crippen molar-refractivity contribution in [2.75, 3.05) is 11.5 Å². The molecular formula is C26H21Cl2NO3S2. The highest BCUT2D eigenvalue weighted by molar-refractivity contribution is 8.27. The number of hydrogen-bond acceptors (Lipinski definition) is 5. The van der Waals surface area contributed by atoms with Crippen LogP contribution in [0.5, 0.6) is 11.5 Å². The molecule has 34 heavy (non-hydrogen) atoms. The van der Waals surface area contributed by atoms with Crippen LogP contribution in [0.25, 0.3) is 6.08 Å². The van der Waals surface area contributed by atoms with E-state index in [4.69, 9.17) is 44.9 Å². The summed E-state index contributed by atoms with van der Waals surface area (Å²) in [4.78, 5) is 15.2. The molecule has 3 aromatic carbocycles. The largest absolute Gasteiger partial charge is 0.490 e. The molecule has 1 saturated heterocycles. The maximum Gasteiger partial charge on any atom is 0.270 e. The number of thiocarbonyl (C=S) groups is 1. The number of halogens is 2. The summed E-state index contributed by atoms with van der Waals surface area (Å²) >= 11 is 19.0. The fourth-order valence-corrected chi connectivity index (χ4v) is 5.09. The minimum atomic E-state index is -0.144. The molecule has 0 saturated carbocycles. The average molecular weight is 530 g/mol. The average Bonchev–Trinajstić information content (AvgIpc) is 3.08. The van der Waals surface area contributed by atoms with Crippen molar-refractivity contribution < 1.29 is 14.3 Å². The van der Waals surface area contributed by atoms with Gasteiger partial charge < -0.3 is 9.47 Å². The zero-order valence-corrected chi connectivity index (χ0v) is 21.7. The van der Waals surface area contributed by atoms with Crippen molar-refractivity contribution in [1.29, 1.82) is 0 Å². The summed E-state index contributed by atoms with van der Waals surface area (Å²) in [7, 11) is 0. The van der Waals surface area contributed by atoms with Crippen LogP contribution in [0.1, 0.15) is 23.6 Å². The van der Waals surface area contributed by atoms with E-state index in [0.29, 0.717) is 37.4 Å². The summed E-state index contributed by atoms with van der Waals surface area (Å²) in [5, 5.41) is 1.11. The van der Waals surface area contributed by atoms with E-state index in [-0.39, 0.29) is 12.5 Å². The number of aryl methyl sites for hydroxylation is 1. The number of benzene rings is 3. The lowest BCUT2D eigenvalue weighted by Crippen LogP contribution is -2.27. The number of ether oxygens (including phenoxy) is 2. The van der Waals surface area contributed by atoms with Gasteiger partial charge in [-0.25, -0.2) is 0 Å². The Morgan fingerprint density at radius 3 is 2.47 bits per heavy atom. The van der Waals surface area contributed by atoms with Gasteiger partial charge in [0.1, 0.15) is 6.61 Å². The van der Waals surface area contributed by atoms with Gasteiger partial charge in [-0.2, -0.15) is 0 Å². The molecule has 0 bridgehead atoms. The van der Waals surface area contributed by atoms with Gasteiger partial charge in [0.05, 0.1) is 17.2 Å². The first kappa shape index (κ1) is 24.6. The van der Waals surface area contributed by atoms with Crippen molar-refractivity contribution in [1.82, 2.24) is 0 Å². The molecule has 3 aromatic rings. The van der Waals surface area contributed by atoms with Crippen LogP contribution in [0.3, 0.4) is 0 Å². The Hall–Kier alpha value is -2.51. The molecule has 0 unspecified atom stereocenters. The smallest absolute Gasteiger partial charge is 0.270 e. The highest BCUT2D eigenvalue weighted by Crippen LogP contribution is 2.37. The van der Waals surface area contributed by atoms with Crippen LogP contribution in [0, 0.1) is 6.92 Å². The molecule has 0 radical (unpaired) electrons. The van der Waals surface area contributed by atoms with Crippen LogP contribution in [-0.4, -0.2) is 16.8 Å². The second kappa shape index (κ2) is 10.8. The molecule has 0 atom stereocenters. The van der Waals surface area contributed by atoms with Crippen molar-refractivity contribution in [3.8, 4) is 11.5 Å². The van der Waals surface area contributed by atoms with E-state index in [2.05, 4.69) is 0 Å². The molecule has 0 aliphatic carbocycles. The monoisotopic (exact) mass is 529 g/mol. The quantitative estimate of drug-likeness (QED) is 0.231. The van der Waals surface area contributed by atoms with Gasteiger partial charge >= 0.3 is 0 Å². The van der Waals surface area contributed by atoms with Crippen molar-refractivity contribution in [2.24, 2.45) is 0 Å². The Morgan fingerprint density at radius 1 is 1.00 bits per heavy atom. The van der Waals surface area contributed by atoms with Crippen LogP contribution in [0.15, 0.2) is 65.6 Å². The van der Waals surface area contributed by atoms with Crippen LogP contribution in [0.2, 0.25) is 10.0 Å². The van der Waals surface area contributed by atoms with Gasteiger partial charge in [-0.1, -0.05) is 77.0 Å². The number of carbonyl (C=O) groups excluding carboxylic acids is 1. The highest BCUT2D eigenvalue weighted by Gasteiger charge is 2.33. The second-order valence-electron chi connectivity index (χ2n) is 7.52. The summed E-state index contributed by atoms with van der Waals surface area (Å²) < 4.78 is 12.3. The molecule has 0 aromatic heterocycles. The molecule has 1 aliphatic rings. The maximum absolute atomic E-state index is 13.1. The highest BCUT2D eigenvalue weighted by atomic mass is 35.5. The first-order valence-corrected chi connectivity index (χ1v) is 12.5. The number of anilines is 1. The van der Waals surface area contributed by atoms with Crippen molar-refractivity contribution >= 4 is 69.2 Å². The fourth-order valence-electron chi connectivity index (χ4n) is 3.33. The lowest BCUT2D eigenvalue weighted by atomic mass is 10.1. The van der Waals surface area contributed by atoms with Crippen molar-refractivity contribution in [3.05, 3.63) is 92.3 Å². The molecule has 4 rings (SSSR count). The second-order valence-corrected chi connectivity index (χ2v) is 10.0. The Balaban J connectivity index is 1.55. The van der Waals surface area contributed by atoms with E-state index in [0.717, 1.165) is 22.4 Å². The van der Waals surface area contributed by atoms with E-state index >= 15 is 0 Å². The number of rotatable bonds is 7. The minimum Gasteiger partial charge on any atom is -0.490 e. The van der Waals surface area contributed by atoms with Crippen molar-refractivity contribution in [2.45, 2.75) is 20.5 Å². The van der Waals surface area contributed by atoms with Gasteiger partial charge in [0.2, 0.25) is 0 Å².